The van der Waals surface area contributed by atoms with Crippen LogP contribution in [0.4, 0.5) is 0 Å². The number of nitrogens with zero attached hydrogens (tertiary/aromatic N) is 2. The number of hydrogen-bond acceptors (Lipinski definition) is 4. The lowest BCUT2D eigenvalue weighted by atomic mass is 9.88. The number of aliphatic imine (C=N–C) groups is 1. The molecule has 1 fully saturated rings. The number of unbranched alkanes of at least 4 members (excludes halogenated alkanes) is 1. The molecule has 1 aromatic heterocycles. The monoisotopic (exact) mass is 556 g/mol. The first-order chi connectivity index (χ1) is 14.8. The maximum Gasteiger partial charge on any atom is 0.190 e. The van der Waals surface area contributed by atoms with Crippen molar-refractivity contribution in [1.82, 2.24) is 15.5 Å². The van der Waals surface area contributed by atoms with Crippen LogP contribution in [0.1, 0.15) is 42.2 Å². The molecule has 2 unspecified atom stereocenters. The van der Waals surface area contributed by atoms with E-state index in [-0.39, 0.29) is 24.0 Å². The van der Waals surface area contributed by atoms with E-state index in [1.807, 2.05) is 24.5 Å². The summed E-state index contributed by atoms with van der Waals surface area (Å²) in [5, 5.41) is 9.20. The third-order valence-corrected chi connectivity index (χ3v) is 6.66. The summed E-state index contributed by atoms with van der Waals surface area (Å²) in [7, 11) is 4.10. The molecule has 2 atom stereocenters. The second-order valence-corrected chi connectivity index (χ2v) is 8.95. The molecule has 0 spiro atoms. The van der Waals surface area contributed by atoms with Crippen LogP contribution >= 0.6 is 35.3 Å². The van der Waals surface area contributed by atoms with Crippen molar-refractivity contribution in [1.29, 1.82) is 0 Å². The molecule has 3 rings (SSSR count). The van der Waals surface area contributed by atoms with E-state index in [2.05, 4.69) is 69.4 Å². The van der Waals surface area contributed by atoms with Gasteiger partial charge >= 0.3 is 0 Å². The molecule has 1 saturated heterocycles. The molecule has 31 heavy (non-hydrogen) atoms. The van der Waals surface area contributed by atoms with Crippen LogP contribution in [0.15, 0.2) is 52.8 Å². The Morgan fingerprint density at radius 2 is 2.00 bits per heavy atom. The third kappa shape index (κ3) is 8.71. The van der Waals surface area contributed by atoms with Crippen molar-refractivity contribution in [3.8, 4) is 0 Å². The molecule has 5 nitrogen and oxygen atoms in total. The standard InChI is InChI=1S/C24H36N4OS.HI/c1-25-24(26-14-6-7-16-29-19-20-10-4-3-5-11-20)27-18-21-12-8-15-28(2)23(21)22-13-9-17-30-22;/h3-5,9-11,13,17,21,23H,6-8,12,14-16,18-19H2,1-2H3,(H2,25,26,27);1H. The summed E-state index contributed by atoms with van der Waals surface area (Å²) in [6.45, 7) is 4.52. The normalized spacial score (nSPS) is 19.6. The Labute approximate surface area is 208 Å². The Balaban J connectivity index is 0.00000341. The zero-order chi connectivity index (χ0) is 21.0. The molecule has 0 aliphatic carbocycles. The number of ether oxygens (including phenoxy) is 1. The third-order valence-electron chi connectivity index (χ3n) is 5.72. The van der Waals surface area contributed by atoms with Crippen LogP contribution in [0.5, 0.6) is 0 Å². The number of rotatable bonds is 10. The van der Waals surface area contributed by atoms with Gasteiger partial charge in [-0.3, -0.25) is 9.89 Å². The molecule has 0 radical (unpaired) electrons. The summed E-state index contributed by atoms with van der Waals surface area (Å²) in [6.07, 6.45) is 4.64. The lowest BCUT2D eigenvalue weighted by molar-refractivity contribution is 0.117. The maximum atomic E-state index is 5.76. The summed E-state index contributed by atoms with van der Waals surface area (Å²) in [5.41, 5.74) is 1.23. The predicted molar refractivity (Wildman–Crippen MR) is 143 cm³/mol. The molecule has 1 aliphatic heterocycles. The molecular formula is C24H37IN4OS. The minimum absolute atomic E-state index is 0. The molecule has 0 amide bonds. The van der Waals surface area contributed by atoms with Crippen molar-refractivity contribution in [2.45, 2.75) is 38.3 Å². The van der Waals surface area contributed by atoms with E-state index in [1.54, 1.807) is 0 Å². The second kappa shape index (κ2) is 14.8. The van der Waals surface area contributed by atoms with Crippen LogP contribution in [0.2, 0.25) is 0 Å². The first-order valence-electron chi connectivity index (χ1n) is 11.1. The lowest BCUT2D eigenvalue weighted by Gasteiger charge is -2.39. The van der Waals surface area contributed by atoms with E-state index in [0.29, 0.717) is 18.6 Å². The number of nitrogens with one attached hydrogen (secondary N) is 2. The number of thiophene rings is 1. The van der Waals surface area contributed by atoms with Gasteiger partial charge in [-0.2, -0.15) is 0 Å². The number of benzene rings is 1. The van der Waals surface area contributed by atoms with E-state index in [4.69, 9.17) is 4.74 Å². The molecular weight excluding hydrogens is 519 g/mol. The van der Waals surface area contributed by atoms with Gasteiger partial charge in [-0.05, 0) is 62.2 Å². The largest absolute Gasteiger partial charge is 0.377 e. The molecule has 0 bridgehead atoms. The van der Waals surface area contributed by atoms with E-state index in [0.717, 1.165) is 38.5 Å². The Morgan fingerprint density at radius 3 is 2.74 bits per heavy atom. The zero-order valence-corrected chi connectivity index (χ0v) is 21.9. The Morgan fingerprint density at radius 1 is 1.16 bits per heavy atom. The lowest BCUT2D eigenvalue weighted by Crippen LogP contribution is -2.45. The minimum Gasteiger partial charge on any atom is -0.377 e. The topological polar surface area (TPSA) is 48.9 Å². The van der Waals surface area contributed by atoms with Gasteiger partial charge in [0.25, 0.3) is 0 Å². The number of hydrogen-bond donors (Lipinski definition) is 2. The van der Waals surface area contributed by atoms with Gasteiger partial charge in [-0.25, -0.2) is 0 Å². The number of piperidine rings is 1. The first kappa shape index (κ1) is 26.1. The van der Waals surface area contributed by atoms with Crippen LogP contribution in [0.25, 0.3) is 0 Å². The van der Waals surface area contributed by atoms with Crippen LogP contribution in [-0.4, -0.2) is 51.2 Å². The Kier molecular flexibility index (Phi) is 12.5. The molecule has 2 aromatic rings. The molecule has 172 valence electrons. The Bertz CT molecular complexity index is 741. The van der Waals surface area contributed by atoms with E-state index in [1.165, 1.54) is 29.8 Å². The molecule has 0 saturated carbocycles. The average Bonchev–Trinajstić information content (AvgIpc) is 3.30. The van der Waals surface area contributed by atoms with Crippen LogP contribution in [-0.2, 0) is 11.3 Å². The van der Waals surface area contributed by atoms with Crippen molar-refractivity contribution < 1.29 is 4.74 Å². The fraction of sp³-hybridized carbons (Fsp3) is 0.542. The predicted octanol–water partition coefficient (Wildman–Crippen LogP) is 4.91. The fourth-order valence-electron chi connectivity index (χ4n) is 4.13. The van der Waals surface area contributed by atoms with Crippen LogP contribution < -0.4 is 10.6 Å². The Hall–Kier alpha value is -1.16. The highest BCUT2D eigenvalue weighted by Crippen LogP contribution is 2.36. The summed E-state index contributed by atoms with van der Waals surface area (Å²) >= 11 is 1.87. The quantitative estimate of drug-likeness (QED) is 0.189. The highest BCUT2D eigenvalue weighted by atomic mass is 127. The molecule has 1 aromatic carbocycles. The molecule has 1 aliphatic rings. The van der Waals surface area contributed by atoms with Crippen LogP contribution in [0.3, 0.4) is 0 Å². The van der Waals surface area contributed by atoms with E-state index < -0.39 is 0 Å². The van der Waals surface area contributed by atoms with Crippen molar-refractivity contribution in [2.24, 2.45) is 10.9 Å². The van der Waals surface area contributed by atoms with E-state index in [9.17, 15) is 0 Å². The van der Waals surface area contributed by atoms with E-state index >= 15 is 0 Å². The van der Waals surface area contributed by atoms with Crippen molar-refractivity contribution >= 4 is 41.3 Å². The highest BCUT2D eigenvalue weighted by molar-refractivity contribution is 14.0. The van der Waals surface area contributed by atoms with Crippen molar-refractivity contribution in [2.75, 3.05) is 40.3 Å². The second-order valence-electron chi connectivity index (χ2n) is 7.97. The van der Waals surface area contributed by atoms with Gasteiger partial charge in [0.05, 0.1) is 6.61 Å². The van der Waals surface area contributed by atoms with Gasteiger partial charge in [0, 0.05) is 37.7 Å². The average molecular weight is 557 g/mol. The smallest absolute Gasteiger partial charge is 0.190 e. The summed E-state index contributed by atoms with van der Waals surface area (Å²) in [5.74, 6) is 1.51. The molecule has 2 heterocycles. The molecule has 7 heteroatoms. The number of halogens is 1. The highest BCUT2D eigenvalue weighted by Gasteiger charge is 2.31. The van der Waals surface area contributed by atoms with Gasteiger partial charge in [0.15, 0.2) is 5.96 Å². The zero-order valence-electron chi connectivity index (χ0n) is 18.8. The molecule has 2 N–H and O–H groups in total. The van der Waals surface area contributed by atoms with Crippen LogP contribution in [0, 0.1) is 5.92 Å². The van der Waals surface area contributed by atoms with Gasteiger partial charge in [0.2, 0.25) is 0 Å². The van der Waals surface area contributed by atoms with Gasteiger partial charge in [0.1, 0.15) is 0 Å². The van der Waals surface area contributed by atoms with Gasteiger partial charge in [-0.15, -0.1) is 35.3 Å². The summed E-state index contributed by atoms with van der Waals surface area (Å²) in [4.78, 5) is 8.39. The first-order valence-corrected chi connectivity index (χ1v) is 12.0. The SMILES string of the molecule is CN=C(NCCCCOCc1ccccc1)NCC1CCCN(C)C1c1cccs1.I. The number of likely N-dealkylation sites (tertiary alicyclic amines) is 1. The van der Waals surface area contributed by atoms with Crippen molar-refractivity contribution in [3.05, 3.63) is 58.3 Å². The summed E-state index contributed by atoms with van der Waals surface area (Å²) in [6, 6.07) is 15.3. The fourth-order valence-corrected chi connectivity index (χ4v) is 5.11. The summed E-state index contributed by atoms with van der Waals surface area (Å²) < 4.78 is 5.76. The minimum atomic E-state index is 0. The maximum absolute atomic E-state index is 5.76. The van der Waals surface area contributed by atoms with Crippen molar-refractivity contribution in [3.63, 3.8) is 0 Å². The number of guanidine groups is 1. The van der Waals surface area contributed by atoms with Gasteiger partial charge < -0.3 is 15.4 Å². The van der Waals surface area contributed by atoms with Gasteiger partial charge in [-0.1, -0.05) is 36.4 Å².